The molecule has 2 aromatic heterocycles. The lowest BCUT2D eigenvalue weighted by Gasteiger charge is -2.38. The number of phenolic OH excluding ortho intramolecular Hbond substituents is 1. The number of rotatable bonds is 5. The molecule has 4 atom stereocenters. The van der Waals surface area contributed by atoms with E-state index < -0.39 is 12.0 Å². The number of halogens is 2. The van der Waals surface area contributed by atoms with Gasteiger partial charge in [0.15, 0.2) is 17.5 Å². The third-order valence-corrected chi connectivity index (χ3v) is 6.53. The summed E-state index contributed by atoms with van der Waals surface area (Å²) in [4.78, 5) is 10.1. The molecule has 5 rings (SSSR count). The summed E-state index contributed by atoms with van der Waals surface area (Å²) in [6.45, 7) is 0. The number of nitrogens with one attached hydrogen (secondary N) is 1. The SMILES string of the molecule is COc1ncc(-c2ccc(-c3ncc(N(C)[C@H]4C[C@@H]5CC[C@@H](N5)[C@H]4F)nn3)c(O)c2)cc1F. The zero-order valence-electron chi connectivity index (χ0n) is 18.2. The quantitative estimate of drug-likeness (QED) is 0.607. The maximum Gasteiger partial charge on any atom is 0.250 e. The second-order valence-electron chi connectivity index (χ2n) is 8.49. The van der Waals surface area contributed by atoms with Crippen LogP contribution in [0.15, 0.2) is 36.7 Å². The van der Waals surface area contributed by atoms with E-state index in [1.54, 1.807) is 17.0 Å². The summed E-state index contributed by atoms with van der Waals surface area (Å²) >= 11 is 0. The molecule has 0 amide bonds. The number of benzene rings is 1. The Morgan fingerprint density at radius 2 is 1.97 bits per heavy atom. The van der Waals surface area contributed by atoms with E-state index in [0.717, 1.165) is 12.8 Å². The number of methoxy groups -OCH3 is 1. The van der Waals surface area contributed by atoms with Crippen LogP contribution in [-0.2, 0) is 0 Å². The normalized spacial score (nSPS) is 24.0. The number of aromatic nitrogens is 4. The lowest BCUT2D eigenvalue weighted by Crippen LogP contribution is -2.55. The number of pyridine rings is 1. The van der Waals surface area contributed by atoms with Crippen molar-refractivity contribution < 1.29 is 18.6 Å². The summed E-state index contributed by atoms with van der Waals surface area (Å²) in [7, 11) is 3.15. The molecule has 33 heavy (non-hydrogen) atoms. The highest BCUT2D eigenvalue weighted by atomic mass is 19.1. The maximum atomic E-state index is 14.9. The van der Waals surface area contributed by atoms with Crippen molar-refractivity contribution in [3.05, 3.63) is 42.5 Å². The number of aromatic hydroxyl groups is 1. The molecule has 0 radical (unpaired) electrons. The van der Waals surface area contributed by atoms with Crippen LogP contribution in [0.4, 0.5) is 14.6 Å². The summed E-state index contributed by atoms with van der Waals surface area (Å²) in [6.07, 6.45) is 4.57. The summed E-state index contributed by atoms with van der Waals surface area (Å²) in [6, 6.07) is 6.06. The predicted molar refractivity (Wildman–Crippen MR) is 118 cm³/mol. The number of phenols is 1. The fraction of sp³-hybridized carbons (Fsp3) is 0.391. The van der Waals surface area contributed by atoms with Crippen molar-refractivity contribution in [3.8, 4) is 34.1 Å². The highest BCUT2D eigenvalue weighted by molar-refractivity contribution is 5.72. The van der Waals surface area contributed by atoms with Crippen LogP contribution in [0, 0.1) is 5.82 Å². The Hall–Kier alpha value is -3.40. The van der Waals surface area contributed by atoms with Crippen molar-refractivity contribution in [2.75, 3.05) is 19.1 Å². The summed E-state index contributed by atoms with van der Waals surface area (Å²) in [5.41, 5.74) is 1.44. The van der Waals surface area contributed by atoms with Gasteiger partial charge in [0.2, 0.25) is 5.88 Å². The molecule has 2 aliphatic heterocycles. The third kappa shape index (κ3) is 3.95. The van der Waals surface area contributed by atoms with Crippen molar-refractivity contribution in [1.82, 2.24) is 25.5 Å². The Bertz CT molecular complexity index is 1160. The smallest absolute Gasteiger partial charge is 0.250 e. The van der Waals surface area contributed by atoms with Crippen LogP contribution in [0.3, 0.4) is 0 Å². The first kappa shape index (κ1) is 21.4. The molecule has 2 bridgehead atoms. The summed E-state index contributed by atoms with van der Waals surface area (Å²) in [5.74, 6) is -0.0604. The van der Waals surface area contributed by atoms with Gasteiger partial charge in [-0.05, 0) is 43.0 Å². The number of ether oxygens (including phenoxy) is 1. The Morgan fingerprint density at radius 1 is 1.12 bits per heavy atom. The van der Waals surface area contributed by atoms with E-state index in [1.807, 2.05) is 7.05 Å². The molecule has 2 fully saturated rings. The van der Waals surface area contributed by atoms with E-state index in [9.17, 15) is 13.9 Å². The van der Waals surface area contributed by atoms with Crippen molar-refractivity contribution in [2.45, 2.75) is 43.6 Å². The number of hydrogen-bond acceptors (Lipinski definition) is 8. The van der Waals surface area contributed by atoms with E-state index >= 15 is 0 Å². The van der Waals surface area contributed by atoms with E-state index in [4.69, 9.17) is 4.74 Å². The zero-order chi connectivity index (χ0) is 23.1. The van der Waals surface area contributed by atoms with Gasteiger partial charge in [-0.25, -0.2) is 18.7 Å². The van der Waals surface area contributed by atoms with Gasteiger partial charge >= 0.3 is 0 Å². The molecule has 3 aromatic rings. The van der Waals surface area contributed by atoms with Crippen LogP contribution in [0.2, 0.25) is 0 Å². The van der Waals surface area contributed by atoms with E-state index in [-0.39, 0.29) is 29.5 Å². The van der Waals surface area contributed by atoms with Crippen LogP contribution in [-0.4, -0.2) is 63.7 Å². The van der Waals surface area contributed by atoms with Crippen LogP contribution in [0.1, 0.15) is 19.3 Å². The summed E-state index contributed by atoms with van der Waals surface area (Å²) in [5, 5.41) is 22.3. The molecule has 2 saturated heterocycles. The van der Waals surface area contributed by atoms with E-state index in [0.29, 0.717) is 35.0 Å². The second-order valence-corrected chi connectivity index (χ2v) is 8.49. The maximum absolute atomic E-state index is 14.9. The van der Waals surface area contributed by atoms with Gasteiger partial charge in [-0.3, -0.25) is 0 Å². The number of hydrogen-bond donors (Lipinski definition) is 2. The van der Waals surface area contributed by atoms with Gasteiger partial charge in [-0.15, -0.1) is 10.2 Å². The molecular weight excluding hydrogens is 430 g/mol. The van der Waals surface area contributed by atoms with Crippen molar-refractivity contribution in [2.24, 2.45) is 0 Å². The molecule has 4 heterocycles. The average molecular weight is 454 g/mol. The monoisotopic (exact) mass is 454 g/mol. The Morgan fingerprint density at radius 3 is 2.67 bits per heavy atom. The standard InChI is InChI=1S/C23H24F2N6O2/c1-31(18-9-14-4-6-17(28-14)21(18)25)20-11-26-22(30-29-20)15-5-3-12(8-19(15)32)13-7-16(24)23(33-2)27-10-13/h3,5,7-8,10-11,14,17-18,21,28,32H,4,6,9H2,1-2H3/t14-,17+,18-,21+/m0/s1. The molecule has 8 nitrogen and oxygen atoms in total. The number of nitrogens with zero attached hydrogens (tertiary/aromatic N) is 5. The van der Waals surface area contributed by atoms with Gasteiger partial charge in [0.25, 0.3) is 0 Å². The van der Waals surface area contributed by atoms with Gasteiger partial charge in [-0.1, -0.05) is 6.07 Å². The Kier molecular flexibility index (Phi) is 5.53. The van der Waals surface area contributed by atoms with Crippen LogP contribution in [0.5, 0.6) is 11.6 Å². The molecule has 10 heteroatoms. The minimum absolute atomic E-state index is 0.0783. The topological polar surface area (TPSA) is 96.3 Å². The number of fused-ring (bicyclic) bond motifs is 2. The largest absolute Gasteiger partial charge is 0.507 e. The van der Waals surface area contributed by atoms with Crippen molar-refractivity contribution >= 4 is 5.82 Å². The van der Waals surface area contributed by atoms with Crippen LogP contribution < -0.4 is 15.0 Å². The minimum Gasteiger partial charge on any atom is -0.507 e. The lowest BCUT2D eigenvalue weighted by molar-refractivity contribution is 0.176. The first-order chi connectivity index (χ1) is 15.9. The number of piperidine rings is 1. The molecule has 0 aliphatic carbocycles. The van der Waals surface area contributed by atoms with Gasteiger partial charge < -0.3 is 20.1 Å². The van der Waals surface area contributed by atoms with Gasteiger partial charge in [-0.2, -0.15) is 0 Å². The molecule has 1 aromatic carbocycles. The molecular formula is C23H24F2N6O2. The van der Waals surface area contributed by atoms with Crippen molar-refractivity contribution in [1.29, 1.82) is 0 Å². The third-order valence-electron chi connectivity index (χ3n) is 6.53. The Labute approximate surface area is 189 Å². The summed E-state index contributed by atoms with van der Waals surface area (Å²) < 4.78 is 33.7. The predicted octanol–water partition coefficient (Wildman–Crippen LogP) is 3.12. The first-order valence-corrected chi connectivity index (χ1v) is 10.8. The zero-order valence-corrected chi connectivity index (χ0v) is 18.2. The van der Waals surface area contributed by atoms with Gasteiger partial charge in [0, 0.05) is 30.9 Å². The van der Waals surface area contributed by atoms with Crippen LogP contribution >= 0.6 is 0 Å². The lowest BCUT2D eigenvalue weighted by atomic mass is 9.96. The van der Waals surface area contributed by atoms with Gasteiger partial charge in [0.05, 0.1) is 24.9 Å². The van der Waals surface area contributed by atoms with Crippen LogP contribution in [0.25, 0.3) is 22.5 Å². The molecule has 0 unspecified atom stereocenters. The molecule has 2 N–H and O–H groups in total. The van der Waals surface area contributed by atoms with Crippen molar-refractivity contribution in [3.63, 3.8) is 0 Å². The minimum atomic E-state index is -0.982. The fourth-order valence-electron chi connectivity index (χ4n) is 4.71. The molecule has 0 spiro atoms. The van der Waals surface area contributed by atoms with E-state index in [2.05, 4.69) is 25.5 Å². The highest BCUT2D eigenvalue weighted by Crippen LogP contribution is 2.34. The average Bonchev–Trinajstić information content (AvgIpc) is 3.24. The molecule has 172 valence electrons. The number of alkyl halides is 1. The highest BCUT2D eigenvalue weighted by Gasteiger charge is 2.43. The molecule has 2 aliphatic rings. The second kappa shape index (κ2) is 8.51. The van der Waals surface area contributed by atoms with Gasteiger partial charge in [0.1, 0.15) is 11.9 Å². The number of anilines is 1. The molecule has 0 saturated carbocycles. The fourth-order valence-corrected chi connectivity index (χ4v) is 4.71. The first-order valence-electron chi connectivity index (χ1n) is 10.8. The van der Waals surface area contributed by atoms with E-state index in [1.165, 1.54) is 31.6 Å². The Balaban J connectivity index is 1.35.